The monoisotopic (exact) mass is 328 g/mol. The van der Waals surface area contributed by atoms with E-state index in [9.17, 15) is 9.18 Å². The summed E-state index contributed by atoms with van der Waals surface area (Å²) in [4.78, 5) is 11.7. The molecule has 0 aliphatic heterocycles. The van der Waals surface area contributed by atoms with Crippen LogP contribution in [0.2, 0.25) is 10.0 Å². The minimum Gasteiger partial charge on any atom is -0.465 e. The summed E-state index contributed by atoms with van der Waals surface area (Å²) < 4.78 is 18.1. The van der Waals surface area contributed by atoms with Crippen LogP contribution in [-0.2, 0) is 4.74 Å². The molecule has 0 atom stereocenters. The number of nitrogen functional groups attached to an aromatic ring is 1. The quantitative estimate of drug-likeness (QED) is 0.502. The van der Waals surface area contributed by atoms with Gasteiger partial charge in [-0.1, -0.05) is 23.2 Å². The zero-order valence-corrected chi connectivity index (χ0v) is 12.4. The molecule has 2 rings (SSSR count). The van der Waals surface area contributed by atoms with E-state index in [1.54, 1.807) is 12.1 Å². The maximum Gasteiger partial charge on any atom is 0.340 e. The summed E-state index contributed by atoms with van der Waals surface area (Å²) in [6.45, 7) is 0. The number of carbonyl (C=O) groups is 1. The molecular weight excluding hydrogens is 318 g/mol. The Bertz CT molecular complexity index is 684. The molecule has 4 nitrogen and oxygen atoms in total. The fourth-order valence-electron chi connectivity index (χ4n) is 1.73. The smallest absolute Gasteiger partial charge is 0.340 e. The van der Waals surface area contributed by atoms with Crippen LogP contribution in [0.3, 0.4) is 0 Å². The number of benzene rings is 2. The standard InChI is InChI=1S/C14H11Cl2FN2O2/c1-21-14(20)9-4-7(18)2-3-12(9)19-8-5-10(15)13(17)11(16)6-8/h2-6,19H,18H2,1H3. The number of nitrogens with two attached hydrogens (primary N) is 1. The van der Waals surface area contributed by atoms with E-state index in [-0.39, 0.29) is 15.6 Å². The van der Waals surface area contributed by atoms with E-state index in [1.165, 1.54) is 25.3 Å². The molecule has 0 bridgehead atoms. The third kappa shape index (κ3) is 3.37. The van der Waals surface area contributed by atoms with Crippen molar-refractivity contribution in [3.63, 3.8) is 0 Å². The highest BCUT2D eigenvalue weighted by Gasteiger charge is 2.14. The molecule has 0 amide bonds. The molecule has 0 saturated carbocycles. The summed E-state index contributed by atoms with van der Waals surface area (Å²) in [5.41, 5.74) is 7.18. The number of methoxy groups -OCH3 is 1. The van der Waals surface area contributed by atoms with Crippen molar-refractivity contribution < 1.29 is 13.9 Å². The van der Waals surface area contributed by atoms with Gasteiger partial charge in [0, 0.05) is 11.4 Å². The Labute approximate surface area is 130 Å². The largest absolute Gasteiger partial charge is 0.465 e. The van der Waals surface area contributed by atoms with Gasteiger partial charge >= 0.3 is 5.97 Å². The topological polar surface area (TPSA) is 64.3 Å². The molecule has 0 aliphatic rings. The highest BCUT2D eigenvalue weighted by molar-refractivity contribution is 6.35. The van der Waals surface area contributed by atoms with E-state index in [0.29, 0.717) is 17.1 Å². The molecular formula is C14H11Cl2FN2O2. The van der Waals surface area contributed by atoms with Crippen molar-refractivity contribution in [1.82, 2.24) is 0 Å². The lowest BCUT2D eigenvalue weighted by molar-refractivity contribution is 0.0602. The van der Waals surface area contributed by atoms with Gasteiger partial charge in [-0.25, -0.2) is 9.18 Å². The van der Waals surface area contributed by atoms with Crippen LogP contribution >= 0.6 is 23.2 Å². The van der Waals surface area contributed by atoms with E-state index in [1.807, 2.05) is 0 Å². The number of hydrogen-bond acceptors (Lipinski definition) is 4. The van der Waals surface area contributed by atoms with Crippen molar-refractivity contribution in [2.45, 2.75) is 0 Å². The Hall–Kier alpha value is -1.98. The molecule has 0 spiro atoms. The van der Waals surface area contributed by atoms with Gasteiger partial charge in [-0.2, -0.15) is 0 Å². The number of halogens is 3. The van der Waals surface area contributed by atoms with E-state index in [2.05, 4.69) is 10.1 Å². The minimum atomic E-state index is -0.700. The molecule has 3 N–H and O–H groups in total. The molecule has 21 heavy (non-hydrogen) atoms. The first-order chi connectivity index (χ1) is 9.92. The van der Waals surface area contributed by atoms with Gasteiger partial charge in [0.15, 0.2) is 5.82 Å². The van der Waals surface area contributed by atoms with Crippen LogP contribution in [0.15, 0.2) is 30.3 Å². The SMILES string of the molecule is COC(=O)c1cc(N)ccc1Nc1cc(Cl)c(F)c(Cl)c1. The molecule has 0 aliphatic carbocycles. The summed E-state index contributed by atoms with van der Waals surface area (Å²) in [6, 6.07) is 7.41. The maximum atomic E-state index is 13.4. The minimum absolute atomic E-state index is 0.125. The van der Waals surface area contributed by atoms with Crippen molar-refractivity contribution in [3.8, 4) is 0 Å². The first-order valence-corrected chi connectivity index (χ1v) is 6.57. The van der Waals surface area contributed by atoms with Gasteiger partial charge in [0.1, 0.15) is 0 Å². The predicted molar refractivity (Wildman–Crippen MR) is 81.9 cm³/mol. The molecule has 0 fully saturated rings. The van der Waals surface area contributed by atoms with E-state index in [4.69, 9.17) is 28.9 Å². The van der Waals surface area contributed by atoms with Crippen molar-refractivity contribution in [2.75, 3.05) is 18.2 Å². The Kier molecular flexibility index (Phi) is 4.55. The van der Waals surface area contributed by atoms with Crippen LogP contribution in [0.25, 0.3) is 0 Å². The van der Waals surface area contributed by atoms with E-state index < -0.39 is 11.8 Å². The second-order valence-corrected chi connectivity index (χ2v) is 4.99. The highest BCUT2D eigenvalue weighted by Crippen LogP contribution is 2.30. The Balaban J connectivity index is 2.42. The van der Waals surface area contributed by atoms with Gasteiger partial charge in [0.05, 0.1) is 28.4 Å². The van der Waals surface area contributed by atoms with Crippen molar-refractivity contribution in [3.05, 3.63) is 51.8 Å². The van der Waals surface area contributed by atoms with Gasteiger partial charge in [-0.3, -0.25) is 0 Å². The van der Waals surface area contributed by atoms with Gasteiger partial charge in [0.25, 0.3) is 0 Å². The average molecular weight is 329 g/mol. The van der Waals surface area contributed by atoms with Gasteiger partial charge in [-0.05, 0) is 30.3 Å². The molecule has 0 aromatic heterocycles. The zero-order valence-electron chi connectivity index (χ0n) is 10.9. The van der Waals surface area contributed by atoms with Crippen LogP contribution in [0.4, 0.5) is 21.5 Å². The summed E-state index contributed by atoms with van der Waals surface area (Å²) in [5, 5.41) is 2.68. The van der Waals surface area contributed by atoms with Gasteiger partial charge in [-0.15, -0.1) is 0 Å². The number of nitrogens with one attached hydrogen (secondary N) is 1. The second-order valence-electron chi connectivity index (χ2n) is 4.18. The third-order valence-electron chi connectivity index (χ3n) is 2.71. The molecule has 2 aromatic rings. The lowest BCUT2D eigenvalue weighted by atomic mass is 10.1. The zero-order chi connectivity index (χ0) is 15.6. The van der Waals surface area contributed by atoms with Crippen molar-refractivity contribution in [1.29, 1.82) is 0 Å². The second kappa shape index (κ2) is 6.20. The fourth-order valence-corrected chi connectivity index (χ4v) is 2.22. The lowest BCUT2D eigenvalue weighted by Crippen LogP contribution is -2.06. The Morgan fingerprint density at radius 3 is 2.43 bits per heavy atom. The molecule has 0 saturated heterocycles. The molecule has 0 heterocycles. The number of carbonyl (C=O) groups excluding carboxylic acids is 1. The van der Waals surface area contributed by atoms with Crippen LogP contribution in [0.5, 0.6) is 0 Å². The fraction of sp³-hybridized carbons (Fsp3) is 0.0714. The molecule has 0 radical (unpaired) electrons. The normalized spacial score (nSPS) is 10.3. The number of anilines is 3. The first kappa shape index (κ1) is 15.4. The number of ether oxygens (including phenoxy) is 1. The van der Waals surface area contributed by atoms with Crippen LogP contribution in [0.1, 0.15) is 10.4 Å². The van der Waals surface area contributed by atoms with Crippen molar-refractivity contribution >= 4 is 46.2 Å². The summed E-state index contributed by atoms with van der Waals surface area (Å²) in [7, 11) is 1.26. The molecule has 0 unspecified atom stereocenters. The predicted octanol–water partition coefficient (Wildman–Crippen LogP) is 4.24. The third-order valence-corrected chi connectivity index (χ3v) is 3.26. The van der Waals surface area contributed by atoms with Crippen molar-refractivity contribution in [2.24, 2.45) is 0 Å². The van der Waals surface area contributed by atoms with E-state index >= 15 is 0 Å². The van der Waals surface area contributed by atoms with Crippen LogP contribution in [-0.4, -0.2) is 13.1 Å². The molecule has 110 valence electrons. The van der Waals surface area contributed by atoms with Crippen LogP contribution in [0, 0.1) is 5.82 Å². The summed E-state index contributed by atoms with van der Waals surface area (Å²) in [6.07, 6.45) is 0. The average Bonchev–Trinajstić information content (AvgIpc) is 2.45. The Morgan fingerprint density at radius 1 is 1.24 bits per heavy atom. The number of rotatable bonds is 3. The number of hydrogen-bond donors (Lipinski definition) is 2. The Morgan fingerprint density at radius 2 is 1.86 bits per heavy atom. The summed E-state index contributed by atoms with van der Waals surface area (Å²) >= 11 is 11.5. The number of esters is 1. The molecule has 7 heteroatoms. The van der Waals surface area contributed by atoms with E-state index in [0.717, 1.165) is 0 Å². The van der Waals surface area contributed by atoms with Gasteiger partial charge in [0.2, 0.25) is 0 Å². The molecule has 2 aromatic carbocycles. The lowest BCUT2D eigenvalue weighted by Gasteiger charge is -2.12. The van der Waals surface area contributed by atoms with Gasteiger partial charge < -0.3 is 15.8 Å². The van der Waals surface area contributed by atoms with Crippen LogP contribution < -0.4 is 11.1 Å². The summed E-state index contributed by atoms with van der Waals surface area (Å²) in [5.74, 6) is -1.25. The first-order valence-electron chi connectivity index (χ1n) is 5.81. The maximum absolute atomic E-state index is 13.4. The highest BCUT2D eigenvalue weighted by atomic mass is 35.5.